The molecule has 4 rings (SSSR count). The summed E-state index contributed by atoms with van der Waals surface area (Å²) in [5.74, 6) is -0.298. The summed E-state index contributed by atoms with van der Waals surface area (Å²) in [5, 5.41) is 4.66. The van der Waals surface area contributed by atoms with Gasteiger partial charge in [-0.05, 0) is 51.0 Å². The normalized spacial score (nSPS) is 14.3. The number of anilines is 1. The van der Waals surface area contributed by atoms with Crippen molar-refractivity contribution in [1.82, 2.24) is 20.3 Å². The van der Waals surface area contributed by atoms with E-state index in [0.717, 1.165) is 5.69 Å². The molecule has 8 nitrogen and oxygen atoms in total. The van der Waals surface area contributed by atoms with E-state index in [1.165, 1.54) is 17.5 Å². The molecule has 0 saturated heterocycles. The molecule has 156 valence electrons. The molecular weight excluding hydrogens is 422 g/mol. The largest absolute Gasteiger partial charge is 0.341 e. The van der Waals surface area contributed by atoms with Crippen LogP contribution >= 0.6 is 11.3 Å². The maximum absolute atomic E-state index is 12.7. The number of rotatable bonds is 7. The van der Waals surface area contributed by atoms with Crippen molar-refractivity contribution in [3.05, 3.63) is 59.4 Å². The minimum Gasteiger partial charge on any atom is -0.341 e. The molecule has 0 atom stereocenters. The second kappa shape index (κ2) is 7.77. The second-order valence-electron chi connectivity index (χ2n) is 7.61. The Morgan fingerprint density at radius 3 is 2.53 bits per heavy atom. The number of amides is 1. The zero-order chi connectivity index (χ0) is 21.4. The molecule has 0 aromatic carbocycles. The highest BCUT2D eigenvalue weighted by Crippen LogP contribution is 2.32. The fraction of sp³-hybridized carbons (Fsp3) is 0.300. The van der Waals surface area contributed by atoms with Crippen LogP contribution < -0.4 is 10.0 Å². The third kappa shape index (κ3) is 4.49. The molecule has 1 aliphatic rings. The fourth-order valence-electron chi connectivity index (χ4n) is 2.81. The molecule has 3 aromatic heterocycles. The van der Waals surface area contributed by atoms with E-state index < -0.39 is 15.6 Å². The van der Waals surface area contributed by atoms with Gasteiger partial charge >= 0.3 is 0 Å². The molecule has 10 heteroatoms. The van der Waals surface area contributed by atoms with Crippen molar-refractivity contribution in [3.8, 4) is 11.4 Å². The lowest BCUT2D eigenvalue weighted by atomic mass is 10.0. The van der Waals surface area contributed by atoms with Crippen molar-refractivity contribution in [2.24, 2.45) is 0 Å². The Kier molecular flexibility index (Phi) is 5.29. The van der Waals surface area contributed by atoms with Crippen LogP contribution in [0, 0.1) is 0 Å². The Hall–Kier alpha value is -2.85. The summed E-state index contributed by atoms with van der Waals surface area (Å²) < 4.78 is 26.7. The van der Waals surface area contributed by atoms with Gasteiger partial charge < -0.3 is 5.32 Å². The van der Waals surface area contributed by atoms with Gasteiger partial charge in [0.25, 0.3) is 5.91 Å². The quantitative estimate of drug-likeness (QED) is 0.580. The number of pyridine rings is 2. The average molecular weight is 444 g/mol. The first kappa shape index (κ1) is 20.4. The molecule has 30 heavy (non-hydrogen) atoms. The van der Waals surface area contributed by atoms with Gasteiger partial charge in [-0.3, -0.25) is 19.5 Å². The molecule has 1 saturated carbocycles. The van der Waals surface area contributed by atoms with Crippen LogP contribution in [0.25, 0.3) is 11.4 Å². The molecule has 1 amide bonds. The standard InChI is InChI=1S/C20H21N5O3S2/c1-20(2,17-12-29-19(23-17)25-30(27,28)14-7-8-14)24-18(26)13-6-9-16(22-11-13)15-5-3-4-10-21-15/h3-6,9-12,14H,7-8H2,1-2H3,(H,23,25)(H,24,26). The van der Waals surface area contributed by atoms with Gasteiger partial charge in [0.1, 0.15) is 0 Å². The van der Waals surface area contributed by atoms with E-state index in [0.29, 0.717) is 34.9 Å². The number of sulfonamides is 1. The molecule has 0 spiro atoms. The number of thiazole rings is 1. The molecule has 2 N–H and O–H groups in total. The van der Waals surface area contributed by atoms with Gasteiger partial charge in [-0.1, -0.05) is 6.07 Å². The molecule has 0 aliphatic heterocycles. The minimum absolute atomic E-state index is 0.298. The van der Waals surface area contributed by atoms with Crippen molar-refractivity contribution in [1.29, 1.82) is 0 Å². The number of hydrogen-bond acceptors (Lipinski definition) is 7. The van der Waals surface area contributed by atoms with Crippen LogP contribution in [0.3, 0.4) is 0 Å². The molecule has 3 aromatic rings. The van der Waals surface area contributed by atoms with Crippen LogP contribution in [-0.2, 0) is 15.6 Å². The molecular formula is C20H21N5O3S2. The summed E-state index contributed by atoms with van der Waals surface area (Å²) in [7, 11) is -3.37. The van der Waals surface area contributed by atoms with Crippen molar-refractivity contribution in [2.75, 3.05) is 4.72 Å². The number of nitrogens with one attached hydrogen (secondary N) is 2. The van der Waals surface area contributed by atoms with Crippen LogP contribution in [-0.4, -0.2) is 34.5 Å². The van der Waals surface area contributed by atoms with E-state index >= 15 is 0 Å². The van der Waals surface area contributed by atoms with Crippen LogP contribution in [0.2, 0.25) is 0 Å². The zero-order valence-electron chi connectivity index (χ0n) is 16.5. The van der Waals surface area contributed by atoms with E-state index in [-0.39, 0.29) is 11.2 Å². The lowest BCUT2D eigenvalue weighted by Gasteiger charge is -2.24. The Labute approximate surface area is 178 Å². The first-order valence-corrected chi connectivity index (χ1v) is 11.8. The van der Waals surface area contributed by atoms with Crippen molar-refractivity contribution in [2.45, 2.75) is 37.5 Å². The first-order chi connectivity index (χ1) is 14.2. The van der Waals surface area contributed by atoms with Gasteiger partial charge in [-0.25, -0.2) is 13.4 Å². The molecule has 0 bridgehead atoms. The lowest BCUT2D eigenvalue weighted by Crippen LogP contribution is -2.41. The summed E-state index contributed by atoms with van der Waals surface area (Å²) in [5.41, 5.74) is 1.60. The van der Waals surface area contributed by atoms with E-state index in [1.54, 1.807) is 23.7 Å². The first-order valence-electron chi connectivity index (χ1n) is 9.42. The van der Waals surface area contributed by atoms with E-state index in [1.807, 2.05) is 32.0 Å². The summed E-state index contributed by atoms with van der Waals surface area (Å²) in [6.07, 6.45) is 4.56. The number of hydrogen-bond donors (Lipinski definition) is 2. The number of aromatic nitrogens is 3. The molecule has 1 fully saturated rings. The van der Waals surface area contributed by atoms with Crippen molar-refractivity contribution in [3.63, 3.8) is 0 Å². The second-order valence-corrected chi connectivity index (χ2v) is 10.4. The molecule has 0 radical (unpaired) electrons. The Morgan fingerprint density at radius 2 is 1.90 bits per heavy atom. The van der Waals surface area contributed by atoms with Gasteiger partial charge in [-0.15, -0.1) is 11.3 Å². The highest BCUT2D eigenvalue weighted by molar-refractivity contribution is 7.93. The number of nitrogens with zero attached hydrogens (tertiary/aromatic N) is 3. The maximum Gasteiger partial charge on any atom is 0.253 e. The highest BCUT2D eigenvalue weighted by Gasteiger charge is 2.36. The predicted molar refractivity (Wildman–Crippen MR) is 116 cm³/mol. The summed E-state index contributed by atoms with van der Waals surface area (Å²) in [4.78, 5) is 25.7. The van der Waals surface area contributed by atoms with Crippen LogP contribution in [0.15, 0.2) is 48.1 Å². The molecule has 0 unspecified atom stereocenters. The van der Waals surface area contributed by atoms with Crippen LogP contribution in [0.5, 0.6) is 0 Å². The Bertz CT molecular complexity index is 1150. The number of carbonyl (C=O) groups excluding carboxylic acids is 1. The monoisotopic (exact) mass is 443 g/mol. The molecule has 3 heterocycles. The average Bonchev–Trinajstić information content (AvgIpc) is 3.49. The van der Waals surface area contributed by atoms with Gasteiger partial charge in [-0.2, -0.15) is 0 Å². The summed E-state index contributed by atoms with van der Waals surface area (Å²) >= 11 is 1.20. The van der Waals surface area contributed by atoms with Gasteiger partial charge in [0.2, 0.25) is 10.0 Å². The van der Waals surface area contributed by atoms with Crippen molar-refractivity contribution < 1.29 is 13.2 Å². The van der Waals surface area contributed by atoms with Gasteiger partial charge in [0.05, 0.1) is 33.4 Å². The Morgan fingerprint density at radius 1 is 1.13 bits per heavy atom. The minimum atomic E-state index is -3.37. The van der Waals surface area contributed by atoms with Gasteiger partial charge in [0, 0.05) is 17.8 Å². The van der Waals surface area contributed by atoms with Gasteiger partial charge in [0.15, 0.2) is 5.13 Å². The summed E-state index contributed by atoms with van der Waals surface area (Å²) in [6.45, 7) is 3.63. The fourth-order valence-corrected chi connectivity index (χ4v) is 5.28. The lowest BCUT2D eigenvalue weighted by molar-refractivity contribution is 0.0910. The smallest absolute Gasteiger partial charge is 0.253 e. The maximum atomic E-state index is 12.7. The van der Waals surface area contributed by atoms with E-state index in [4.69, 9.17) is 0 Å². The van der Waals surface area contributed by atoms with E-state index in [2.05, 4.69) is 25.0 Å². The third-order valence-corrected chi connectivity index (χ3v) is 7.43. The predicted octanol–water partition coefficient (Wildman–Crippen LogP) is 3.17. The van der Waals surface area contributed by atoms with Crippen molar-refractivity contribution >= 4 is 32.4 Å². The summed E-state index contributed by atoms with van der Waals surface area (Å²) in [6, 6.07) is 8.99. The third-order valence-electron chi connectivity index (χ3n) is 4.72. The topological polar surface area (TPSA) is 114 Å². The van der Waals surface area contributed by atoms with E-state index in [9.17, 15) is 13.2 Å². The highest BCUT2D eigenvalue weighted by atomic mass is 32.2. The molecule has 1 aliphatic carbocycles. The number of carbonyl (C=O) groups is 1. The van der Waals surface area contributed by atoms with Crippen LogP contribution in [0.1, 0.15) is 42.7 Å². The Balaban J connectivity index is 1.44. The van der Waals surface area contributed by atoms with Crippen LogP contribution in [0.4, 0.5) is 5.13 Å². The SMILES string of the molecule is CC(C)(NC(=O)c1ccc(-c2ccccn2)nc1)c1csc(NS(=O)(=O)C2CC2)n1. The zero-order valence-corrected chi connectivity index (χ0v) is 18.1.